The van der Waals surface area contributed by atoms with Gasteiger partial charge in [0.1, 0.15) is 73.2 Å². The van der Waals surface area contributed by atoms with Crippen molar-refractivity contribution in [3.8, 4) is 0 Å². The third kappa shape index (κ3) is 28.1. The summed E-state index contributed by atoms with van der Waals surface area (Å²) < 4.78 is 34.2. The van der Waals surface area contributed by atoms with E-state index < -0.39 is 124 Å². The van der Waals surface area contributed by atoms with E-state index >= 15 is 0 Å². The third-order valence-electron chi connectivity index (χ3n) is 14.7. The zero-order chi connectivity index (χ0) is 59.0. The lowest BCUT2D eigenvalue weighted by Crippen LogP contribution is -2.66. The van der Waals surface area contributed by atoms with E-state index in [0.717, 1.165) is 103 Å². The fraction of sp³-hybridized carbons (Fsp3) is 0.758. The van der Waals surface area contributed by atoms with Gasteiger partial charge in [-0.15, -0.1) is 0 Å². The molecule has 81 heavy (non-hydrogen) atoms. The second-order valence-electron chi connectivity index (χ2n) is 21.4. The van der Waals surface area contributed by atoms with Gasteiger partial charge in [-0.05, 0) is 70.6 Å². The number of ether oxygens (including phenoxy) is 6. The number of aliphatic hydroxyl groups excluding tert-OH is 11. The summed E-state index contributed by atoms with van der Waals surface area (Å²) in [5.74, 6) is -0.297. The Morgan fingerprint density at radius 2 is 0.852 bits per heavy atom. The van der Waals surface area contributed by atoms with Crippen molar-refractivity contribution in [2.75, 3.05) is 26.4 Å². The Kier molecular flexibility index (Phi) is 39.6. The average Bonchev–Trinajstić information content (AvgIpc) is 3.51. The van der Waals surface area contributed by atoms with Crippen molar-refractivity contribution in [3.05, 3.63) is 85.1 Å². The number of carbonyl (C=O) groups excluding carboxylic acids is 1. The molecule has 0 aromatic heterocycles. The van der Waals surface area contributed by atoms with Crippen LogP contribution in [0.5, 0.6) is 0 Å². The highest BCUT2D eigenvalue weighted by Gasteiger charge is 2.53. The van der Waals surface area contributed by atoms with Crippen LogP contribution in [0.4, 0.5) is 0 Å². The van der Waals surface area contributed by atoms with Crippen molar-refractivity contribution in [1.82, 2.24) is 5.32 Å². The highest BCUT2D eigenvalue weighted by Crippen LogP contribution is 2.33. The van der Waals surface area contributed by atoms with Crippen molar-refractivity contribution in [3.63, 3.8) is 0 Å². The number of amides is 1. The lowest BCUT2D eigenvalue weighted by molar-refractivity contribution is -0.379. The Bertz CT molecular complexity index is 1810. The number of allylic oxidation sites excluding steroid dienone is 13. The molecule has 466 valence electrons. The van der Waals surface area contributed by atoms with E-state index in [2.05, 4.69) is 92.1 Å². The Labute approximate surface area is 482 Å². The smallest absolute Gasteiger partial charge is 0.220 e. The quantitative estimate of drug-likeness (QED) is 0.0261. The first-order valence-electron chi connectivity index (χ1n) is 30.3. The maximum absolute atomic E-state index is 13.3. The summed E-state index contributed by atoms with van der Waals surface area (Å²) >= 11 is 0. The summed E-state index contributed by atoms with van der Waals surface area (Å²) in [7, 11) is 0. The Morgan fingerprint density at radius 3 is 1.33 bits per heavy atom. The van der Waals surface area contributed by atoms with Gasteiger partial charge in [0, 0.05) is 6.42 Å². The first kappa shape index (κ1) is 72.2. The molecule has 0 aliphatic carbocycles. The van der Waals surface area contributed by atoms with Crippen LogP contribution in [0.1, 0.15) is 168 Å². The van der Waals surface area contributed by atoms with Crippen LogP contribution in [0.25, 0.3) is 0 Å². The first-order valence-corrected chi connectivity index (χ1v) is 30.3. The molecule has 19 nitrogen and oxygen atoms in total. The Hall–Kier alpha value is -3.03. The molecule has 3 aliphatic heterocycles. The largest absolute Gasteiger partial charge is 0.394 e. The summed E-state index contributed by atoms with van der Waals surface area (Å²) in [6.45, 7) is 1.55. The molecular formula is C62H105NO18. The monoisotopic (exact) mass is 1150 g/mol. The number of nitrogens with one attached hydrogen (secondary N) is 1. The van der Waals surface area contributed by atoms with Crippen LogP contribution < -0.4 is 5.32 Å². The molecule has 3 fully saturated rings. The number of hydrogen-bond donors (Lipinski definition) is 12. The molecule has 3 heterocycles. The minimum atomic E-state index is -1.98. The third-order valence-corrected chi connectivity index (χ3v) is 14.7. The molecular weight excluding hydrogens is 1050 g/mol. The summed E-state index contributed by atoms with van der Waals surface area (Å²) in [4.78, 5) is 13.3. The number of carbonyl (C=O) groups is 1. The molecule has 12 N–H and O–H groups in total. The highest BCUT2D eigenvalue weighted by atomic mass is 16.8. The van der Waals surface area contributed by atoms with Gasteiger partial charge in [-0.25, -0.2) is 0 Å². The zero-order valence-electron chi connectivity index (χ0n) is 48.5. The minimum absolute atomic E-state index is 0.221. The molecule has 3 aliphatic rings. The molecule has 19 heteroatoms. The van der Waals surface area contributed by atoms with E-state index in [4.69, 9.17) is 28.4 Å². The summed E-state index contributed by atoms with van der Waals surface area (Å²) in [6.07, 6.45) is 27.1. The standard InChI is InChI=1S/C62H105NO18/c1-3-5-7-9-11-13-15-16-17-18-19-20-21-22-23-24-25-26-27-28-30-32-34-36-38-40-50(68)63-45(46(67)39-37-35-33-31-29-14-12-10-8-6-4-2)44-76-60-56(74)53(71)58(48(42-65)78-60)81-62-57(75)54(72)59(49(43-66)79-62)80-61-55(73)52(70)51(69)47(41-64)77-61/h5,7,11,13,16-17,19-20,22-23,25-26,37,39,45-49,51-62,64-67,69-75H,3-4,6,8-10,12,14-15,18,21,24,27-36,38,40-44H2,1-2H3,(H,63,68)/b7-5-,13-11-,17-16-,20-19-,23-22-,26-25-,39-37+. The highest BCUT2D eigenvalue weighted by molar-refractivity contribution is 5.76. The van der Waals surface area contributed by atoms with Gasteiger partial charge in [0.15, 0.2) is 18.9 Å². The molecule has 0 aromatic rings. The van der Waals surface area contributed by atoms with E-state index in [1.54, 1.807) is 6.08 Å². The fourth-order valence-electron chi connectivity index (χ4n) is 9.72. The van der Waals surface area contributed by atoms with Gasteiger partial charge in [0.2, 0.25) is 5.91 Å². The van der Waals surface area contributed by atoms with Gasteiger partial charge in [-0.3, -0.25) is 4.79 Å². The van der Waals surface area contributed by atoms with Crippen molar-refractivity contribution >= 4 is 5.91 Å². The SMILES string of the molecule is CC/C=C\C/C=C\C/C=C\C/C=C\C/C=C\C/C=C\CCCCCCCCC(=O)NC(COC1OC(CO)C(OC2OC(CO)C(OC3OC(CO)C(O)C(O)C3O)C(O)C2O)C(O)C1O)C(O)/C=C/CCCCCCCCCCC. The second-order valence-corrected chi connectivity index (χ2v) is 21.4. The minimum Gasteiger partial charge on any atom is -0.394 e. The van der Waals surface area contributed by atoms with Crippen LogP contribution in [-0.4, -0.2) is 193 Å². The number of aliphatic hydroxyl groups is 11. The van der Waals surface area contributed by atoms with Crippen molar-refractivity contribution < 1.29 is 89.4 Å². The molecule has 0 aromatic carbocycles. The molecule has 0 radical (unpaired) electrons. The summed E-state index contributed by atoms with van der Waals surface area (Å²) in [5.41, 5.74) is 0. The maximum Gasteiger partial charge on any atom is 0.220 e. The predicted octanol–water partition coefficient (Wildman–Crippen LogP) is 5.59. The van der Waals surface area contributed by atoms with E-state index in [1.165, 1.54) is 38.5 Å². The van der Waals surface area contributed by atoms with E-state index in [9.17, 15) is 61.0 Å². The van der Waals surface area contributed by atoms with Gasteiger partial charge in [-0.2, -0.15) is 0 Å². The molecule has 3 saturated heterocycles. The second kappa shape index (κ2) is 44.4. The molecule has 0 bridgehead atoms. The van der Waals surface area contributed by atoms with E-state index in [-0.39, 0.29) is 18.9 Å². The van der Waals surface area contributed by atoms with Crippen molar-refractivity contribution in [1.29, 1.82) is 0 Å². The van der Waals surface area contributed by atoms with Gasteiger partial charge < -0.3 is 89.9 Å². The zero-order valence-corrected chi connectivity index (χ0v) is 48.5. The van der Waals surface area contributed by atoms with Crippen molar-refractivity contribution in [2.24, 2.45) is 0 Å². The summed E-state index contributed by atoms with van der Waals surface area (Å²) in [5, 5.41) is 120. The van der Waals surface area contributed by atoms with Gasteiger partial charge >= 0.3 is 0 Å². The van der Waals surface area contributed by atoms with Crippen LogP contribution in [-0.2, 0) is 33.2 Å². The molecule has 3 rings (SSSR count). The van der Waals surface area contributed by atoms with Crippen LogP contribution >= 0.6 is 0 Å². The van der Waals surface area contributed by atoms with Gasteiger partial charge in [0.25, 0.3) is 0 Å². The molecule has 0 saturated carbocycles. The van der Waals surface area contributed by atoms with E-state index in [0.29, 0.717) is 6.42 Å². The molecule has 17 unspecified atom stereocenters. The number of hydrogen-bond acceptors (Lipinski definition) is 18. The topological polar surface area (TPSA) is 307 Å². The first-order chi connectivity index (χ1) is 39.3. The average molecular weight is 1150 g/mol. The Balaban J connectivity index is 1.46. The number of unbranched alkanes of at least 4 members (excludes halogenated alkanes) is 15. The van der Waals surface area contributed by atoms with Crippen LogP contribution in [0.15, 0.2) is 85.1 Å². The predicted molar refractivity (Wildman–Crippen MR) is 309 cm³/mol. The maximum atomic E-state index is 13.3. The van der Waals surface area contributed by atoms with Crippen LogP contribution in [0, 0.1) is 0 Å². The fourth-order valence-corrected chi connectivity index (χ4v) is 9.72. The van der Waals surface area contributed by atoms with Gasteiger partial charge in [0.05, 0.1) is 38.6 Å². The lowest BCUT2D eigenvalue weighted by atomic mass is 9.96. The lowest BCUT2D eigenvalue weighted by Gasteiger charge is -2.48. The molecule has 0 spiro atoms. The van der Waals surface area contributed by atoms with E-state index in [1.807, 2.05) is 6.08 Å². The number of rotatable bonds is 43. The molecule has 17 atom stereocenters. The summed E-state index contributed by atoms with van der Waals surface area (Å²) in [6, 6.07) is -0.985. The molecule has 1 amide bonds. The van der Waals surface area contributed by atoms with Crippen LogP contribution in [0.3, 0.4) is 0 Å². The van der Waals surface area contributed by atoms with Gasteiger partial charge in [-0.1, -0.05) is 176 Å². The van der Waals surface area contributed by atoms with Crippen LogP contribution in [0.2, 0.25) is 0 Å². The van der Waals surface area contributed by atoms with Crippen molar-refractivity contribution in [2.45, 2.75) is 272 Å². The normalized spacial score (nSPS) is 30.4. The Morgan fingerprint density at radius 1 is 0.457 bits per heavy atom.